The first kappa shape index (κ1) is 36.6. The molecule has 274 valence electrons. The molecular formula is C47H45NO6. The van der Waals surface area contributed by atoms with Gasteiger partial charge in [0.15, 0.2) is 0 Å². The second-order valence-electron chi connectivity index (χ2n) is 14.1. The van der Waals surface area contributed by atoms with Crippen molar-refractivity contribution in [2.24, 2.45) is 0 Å². The molecule has 0 saturated carbocycles. The Morgan fingerprint density at radius 3 is 1.65 bits per heavy atom. The molecule has 0 saturated heterocycles. The fourth-order valence-corrected chi connectivity index (χ4v) is 7.03. The van der Waals surface area contributed by atoms with Gasteiger partial charge >= 0.3 is 0 Å². The Bertz CT molecular complexity index is 2140. The first-order valence-corrected chi connectivity index (χ1v) is 18.2. The van der Waals surface area contributed by atoms with Gasteiger partial charge in [-0.2, -0.15) is 0 Å². The number of hydrogen-bond donors (Lipinski definition) is 4. The summed E-state index contributed by atoms with van der Waals surface area (Å²) in [6.07, 6.45) is 0.237. The van der Waals surface area contributed by atoms with E-state index in [4.69, 9.17) is 19.7 Å². The lowest BCUT2D eigenvalue weighted by atomic mass is 9.82. The minimum atomic E-state index is -0.952. The van der Waals surface area contributed by atoms with E-state index in [0.717, 1.165) is 39.3 Å². The van der Waals surface area contributed by atoms with Gasteiger partial charge in [0.2, 0.25) is 0 Å². The van der Waals surface area contributed by atoms with E-state index in [0.29, 0.717) is 11.5 Å². The summed E-state index contributed by atoms with van der Waals surface area (Å²) in [4.78, 5) is 2.30. The molecule has 6 aromatic carbocycles. The number of nitrogens with zero attached hydrogens (tertiary/aromatic N) is 1. The number of benzene rings is 6. The highest BCUT2D eigenvalue weighted by Gasteiger charge is 2.35. The number of aliphatic hydroxyl groups excluding tert-OH is 4. The summed E-state index contributed by atoms with van der Waals surface area (Å²) >= 11 is 0. The summed E-state index contributed by atoms with van der Waals surface area (Å²) in [7, 11) is 0. The lowest BCUT2D eigenvalue weighted by Gasteiger charge is -2.28. The smallest absolute Gasteiger partial charge is 0.119 e. The molecule has 0 heterocycles. The number of fused-ring (bicyclic) bond motifs is 3. The summed E-state index contributed by atoms with van der Waals surface area (Å²) in [6, 6.07) is 49.7. The molecule has 1 aliphatic rings. The second kappa shape index (κ2) is 16.1. The number of para-hydroxylation sites is 1. The Morgan fingerprint density at radius 2 is 1.07 bits per heavy atom. The van der Waals surface area contributed by atoms with Crippen molar-refractivity contribution in [1.82, 2.24) is 0 Å². The quantitative estimate of drug-likeness (QED) is 0.0838. The lowest BCUT2D eigenvalue weighted by Crippen LogP contribution is -2.21. The fourth-order valence-electron chi connectivity index (χ4n) is 7.03. The number of anilines is 3. The maximum absolute atomic E-state index is 9.73. The van der Waals surface area contributed by atoms with E-state index in [1.165, 1.54) is 22.3 Å². The van der Waals surface area contributed by atoms with Crippen LogP contribution < -0.4 is 14.4 Å². The maximum atomic E-state index is 9.73. The first-order valence-electron chi connectivity index (χ1n) is 18.2. The van der Waals surface area contributed by atoms with Gasteiger partial charge in [-0.15, -0.1) is 0 Å². The number of ether oxygens (including phenoxy) is 2. The maximum Gasteiger partial charge on any atom is 0.119 e. The van der Waals surface area contributed by atoms with E-state index < -0.39 is 12.2 Å². The average Bonchev–Trinajstić information content (AvgIpc) is 3.45. The molecule has 0 radical (unpaired) electrons. The minimum absolute atomic E-state index is 0.00575. The van der Waals surface area contributed by atoms with Crippen LogP contribution in [0.2, 0.25) is 0 Å². The summed E-state index contributed by atoms with van der Waals surface area (Å²) in [5.74, 6) is 1.17. The van der Waals surface area contributed by atoms with Gasteiger partial charge in [-0.3, -0.25) is 0 Å². The van der Waals surface area contributed by atoms with Gasteiger partial charge < -0.3 is 34.8 Å². The molecule has 0 fully saturated rings. The lowest BCUT2D eigenvalue weighted by molar-refractivity contribution is 0.0536. The molecule has 6 aromatic rings. The summed E-state index contributed by atoms with van der Waals surface area (Å²) < 4.78 is 11.3. The minimum Gasteiger partial charge on any atom is -0.491 e. The van der Waals surface area contributed by atoms with Crippen LogP contribution in [0.3, 0.4) is 0 Å². The normalized spacial score (nSPS) is 13.7. The molecule has 0 aromatic heterocycles. The molecule has 0 amide bonds. The van der Waals surface area contributed by atoms with Crippen LogP contribution in [0.15, 0.2) is 146 Å². The summed E-state index contributed by atoms with van der Waals surface area (Å²) in [5.41, 5.74) is 12.2. The molecule has 0 aliphatic heterocycles. The average molecular weight is 720 g/mol. The zero-order valence-electron chi connectivity index (χ0n) is 30.5. The van der Waals surface area contributed by atoms with Crippen molar-refractivity contribution in [1.29, 1.82) is 0 Å². The predicted molar refractivity (Wildman–Crippen MR) is 216 cm³/mol. The topological polar surface area (TPSA) is 103 Å². The first-order chi connectivity index (χ1) is 26.2. The molecule has 4 N–H and O–H groups in total. The molecule has 7 heteroatoms. The van der Waals surface area contributed by atoms with Crippen molar-refractivity contribution in [2.75, 3.05) is 31.3 Å². The Morgan fingerprint density at radius 1 is 0.574 bits per heavy atom. The van der Waals surface area contributed by atoms with E-state index in [9.17, 15) is 10.2 Å². The molecule has 54 heavy (non-hydrogen) atoms. The van der Waals surface area contributed by atoms with Crippen molar-refractivity contribution in [3.05, 3.63) is 173 Å². The van der Waals surface area contributed by atoms with Crippen LogP contribution in [-0.2, 0) is 5.41 Å². The van der Waals surface area contributed by atoms with Gasteiger partial charge in [0, 0.05) is 22.5 Å². The zero-order chi connectivity index (χ0) is 37.7. The van der Waals surface area contributed by atoms with E-state index in [1.54, 1.807) is 0 Å². The molecule has 7 rings (SSSR count). The van der Waals surface area contributed by atoms with Crippen molar-refractivity contribution < 1.29 is 29.9 Å². The number of rotatable bonds is 14. The van der Waals surface area contributed by atoms with Gasteiger partial charge in [-0.1, -0.05) is 98.8 Å². The third-order valence-corrected chi connectivity index (χ3v) is 9.94. The van der Waals surface area contributed by atoms with Crippen molar-refractivity contribution >= 4 is 28.7 Å². The van der Waals surface area contributed by atoms with Gasteiger partial charge in [-0.25, -0.2) is 0 Å². The molecule has 2 unspecified atom stereocenters. The van der Waals surface area contributed by atoms with Crippen LogP contribution >= 0.6 is 0 Å². The monoisotopic (exact) mass is 719 g/mol. The van der Waals surface area contributed by atoms with Gasteiger partial charge in [0.1, 0.15) is 36.9 Å². The Labute approximate surface area is 316 Å². The highest BCUT2D eigenvalue weighted by atomic mass is 16.5. The third kappa shape index (κ3) is 7.81. The Kier molecular flexibility index (Phi) is 10.9. The number of aliphatic hydroxyl groups is 4. The molecule has 1 aliphatic carbocycles. The van der Waals surface area contributed by atoms with Crippen LogP contribution in [0.5, 0.6) is 11.5 Å². The highest BCUT2D eigenvalue weighted by Crippen LogP contribution is 2.50. The standard InChI is InChI=1S/C47H45NO6/c1-47(2)45-11-7-6-10-42(45)43-25-20-37(27-46(43)47)48(35-8-4-3-5-9-35)36-18-12-32(13-19-36)26-44(33-14-21-40(22-15-33)53-30-38(51)28-49)34-16-23-41(24-17-34)54-31-39(52)29-50/h3-27,38-39,49-52H,28-31H2,1-2H3. The second-order valence-corrected chi connectivity index (χ2v) is 14.1. The van der Waals surface area contributed by atoms with Crippen LogP contribution in [0.4, 0.5) is 17.1 Å². The van der Waals surface area contributed by atoms with E-state index in [-0.39, 0.29) is 31.8 Å². The Balaban J connectivity index is 1.23. The van der Waals surface area contributed by atoms with E-state index in [2.05, 4.69) is 116 Å². The van der Waals surface area contributed by atoms with Crippen LogP contribution in [-0.4, -0.2) is 59.1 Å². The van der Waals surface area contributed by atoms with E-state index in [1.807, 2.05) is 54.6 Å². The largest absolute Gasteiger partial charge is 0.491 e. The van der Waals surface area contributed by atoms with Gasteiger partial charge in [0.25, 0.3) is 0 Å². The van der Waals surface area contributed by atoms with Crippen molar-refractivity contribution in [3.8, 4) is 22.6 Å². The predicted octanol–water partition coefficient (Wildman–Crippen LogP) is 8.52. The molecule has 7 nitrogen and oxygen atoms in total. The van der Waals surface area contributed by atoms with Gasteiger partial charge in [0.05, 0.1) is 13.2 Å². The van der Waals surface area contributed by atoms with Gasteiger partial charge in [-0.05, 0) is 111 Å². The molecule has 0 bridgehead atoms. The molecular weight excluding hydrogens is 675 g/mol. The van der Waals surface area contributed by atoms with Crippen LogP contribution in [0.25, 0.3) is 22.8 Å². The highest BCUT2D eigenvalue weighted by molar-refractivity contribution is 5.92. The van der Waals surface area contributed by atoms with Crippen LogP contribution in [0.1, 0.15) is 41.7 Å². The van der Waals surface area contributed by atoms with E-state index >= 15 is 0 Å². The van der Waals surface area contributed by atoms with Crippen molar-refractivity contribution in [2.45, 2.75) is 31.5 Å². The Hall–Kier alpha value is -5.70. The number of hydrogen-bond acceptors (Lipinski definition) is 7. The zero-order valence-corrected chi connectivity index (χ0v) is 30.5. The molecule has 2 atom stereocenters. The third-order valence-electron chi connectivity index (χ3n) is 9.94. The van der Waals surface area contributed by atoms with Crippen LogP contribution in [0, 0.1) is 0 Å². The summed E-state index contributed by atoms with van der Waals surface area (Å²) in [5, 5.41) is 37.8. The molecule has 0 spiro atoms. The van der Waals surface area contributed by atoms with Crippen molar-refractivity contribution in [3.63, 3.8) is 0 Å². The SMILES string of the molecule is CC1(C)c2ccccc2-c2ccc(N(c3ccccc3)c3ccc(C=C(c4ccc(OCC(O)CO)cc4)c4ccc(OCC(O)CO)cc4)cc3)cc21. The fraction of sp³-hybridized carbons (Fsp3) is 0.191. The summed E-state index contributed by atoms with van der Waals surface area (Å²) in [6.45, 7) is 3.86.